The molecule has 0 amide bonds. The van der Waals surface area contributed by atoms with Gasteiger partial charge in [0, 0.05) is 5.16 Å². The van der Waals surface area contributed by atoms with E-state index < -0.39 is 8.07 Å². The molecule has 48 valence electrons. The van der Waals surface area contributed by atoms with E-state index in [-0.39, 0.29) is 0 Å². The number of hydrogen-bond acceptors (Lipinski definition) is 1. The van der Waals surface area contributed by atoms with Crippen molar-refractivity contribution in [2.75, 3.05) is 0 Å². The summed E-state index contributed by atoms with van der Waals surface area (Å²) in [6.07, 6.45) is 2.56. The highest BCUT2D eigenvalue weighted by Gasteiger charge is 2.49. The third-order valence-electron chi connectivity index (χ3n) is 2.28. The van der Waals surface area contributed by atoms with E-state index >= 15 is 0 Å². The quantitative estimate of drug-likeness (QED) is 0.531. The predicted molar refractivity (Wildman–Crippen MR) is 39.5 cm³/mol. The second-order valence-corrected chi connectivity index (χ2v) is 9.40. The van der Waals surface area contributed by atoms with Crippen LogP contribution in [0.4, 0.5) is 0 Å². The van der Waals surface area contributed by atoms with E-state index in [0.717, 1.165) is 0 Å². The second-order valence-electron chi connectivity index (χ2n) is 3.91. The molecule has 0 aromatic carbocycles. The van der Waals surface area contributed by atoms with Gasteiger partial charge in [-0.3, -0.25) is 0 Å². The summed E-state index contributed by atoms with van der Waals surface area (Å²) in [5.74, 6) is 0. The fourth-order valence-electron chi connectivity index (χ4n) is 0.885. The minimum Gasteiger partial charge on any atom is -0.328 e. The van der Waals surface area contributed by atoms with Crippen molar-refractivity contribution in [1.82, 2.24) is 0 Å². The molecule has 0 aliphatic heterocycles. The third-order valence-corrected chi connectivity index (χ3v) is 5.77. The lowest BCUT2D eigenvalue weighted by Gasteiger charge is -2.23. The van der Waals surface area contributed by atoms with Crippen molar-refractivity contribution in [1.29, 1.82) is 0 Å². The molecule has 0 saturated heterocycles. The van der Waals surface area contributed by atoms with E-state index in [1.807, 2.05) is 0 Å². The average molecular weight is 129 g/mol. The van der Waals surface area contributed by atoms with Crippen LogP contribution >= 0.6 is 0 Å². The van der Waals surface area contributed by atoms with Gasteiger partial charge in [-0.2, -0.15) is 0 Å². The van der Waals surface area contributed by atoms with E-state index in [2.05, 4.69) is 19.6 Å². The van der Waals surface area contributed by atoms with Gasteiger partial charge >= 0.3 is 0 Å². The maximum Gasteiger partial charge on any atom is 0.0671 e. The van der Waals surface area contributed by atoms with Crippen molar-refractivity contribution in [2.24, 2.45) is 5.73 Å². The number of nitrogens with two attached hydrogens (primary N) is 1. The molecule has 8 heavy (non-hydrogen) atoms. The Bertz CT molecular complexity index is 96.3. The molecule has 0 bridgehead atoms. The molecule has 1 aliphatic rings. The molecule has 0 aromatic heterocycles. The molecule has 1 aliphatic carbocycles. The van der Waals surface area contributed by atoms with Crippen LogP contribution in [0.3, 0.4) is 0 Å². The molecule has 0 spiro atoms. The summed E-state index contributed by atoms with van der Waals surface area (Å²) in [6.45, 7) is 7.04. The topological polar surface area (TPSA) is 26.0 Å². The Kier molecular flexibility index (Phi) is 1.07. The summed E-state index contributed by atoms with van der Waals surface area (Å²) in [4.78, 5) is 0. The van der Waals surface area contributed by atoms with Gasteiger partial charge in [0.15, 0.2) is 0 Å². The van der Waals surface area contributed by atoms with Crippen LogP contribution in [0, 0.1) is 0 Å². The van der Waals surface area contributed by atoms with Crippen LogP contribution in [0.2, 0.25) is 19.6 Å². The van der Waals surface area contributed by atoms with E-state index in [0.29, 0.717) is 5.16 Å². The molecule has 2 heteroatoms. The number of hydrogen-bond donors (Lipinski definition) is 1. The molecule has 1 fully saturated rings. The van der Waals surface area contributed by atoms with Gasteiger partial charge in [-0.05, 0) is 12.8 Å². The van der Waals surface area contributed by atoms with Crippen LogP contribution in [0.15, 0.2) is 0 Å². The first kappa shape index (κ1) is 6.30. The van der Waals surface area contributed by atoms with Crippen LogP contribution in [0.1, 0.15) is 12.8 Å². The Morgan fingerprint density at radius 2 is 1.62 bits per heavy atom. The van der Waals surface area contributed by atoms with Gasteiger partial charge in [-0.15, -0.1) is 0 Å². The van der Waals surface area contributed by atoms with Crippen molar-refractivity contribution in [3.8, 4) is 0 Å². The lowest BCUT2D eigenvalue weighted by Crippen LogP contribution is -2.47. The SMILES string of the molecule is C[Si](C)(C)C1(N)CC1. The molecule has 1 rings (SSSR count). The van der Waals surface area contributed by atoms with Gasteiger partial charge < -0.3 is 5.73 Å². The Hall–Kier alpha value is 0.177. The summed E-state index contributed by atoms with van der Waals surface area (Å²) < 4.78 is 0. The highest BCUT2D eigenvalue weighted by atomic mass is 28.3. The fourth-order valence-corrected chi connectivity index (χ4v) is 2.51. The van der Waals surface area contributed by atoms with Gasteiger partial charge in [0.05, 0.1) is 8.07 Å². The van der Waals surface area contributed by atoms with Crippen molar-refractivity contribution < 1.29 is 0 Å². The first-order chi connectivity index (χ1) is 3.46. The molecule has 0 heterocycles. The third kappa shape index (κ3) is 0.824. The zero-order valence-corrected chi connectivity index (χ0v) is 6.99. The Balaban J connectivity index is 2.58. The molecule has 0 atom stereocenters. The monoisotopic (exact) mass is 129 g/mol. The van der Waals surface area contributed by atoms with Crippen LogP contribution in [0.25, 0.3) is 0 Å². The molecular formula is C6H15NSi. The number of rotatable bonds is 1. The Morgan fingerprint density at radius 1 is 1.25 bits per heavy atom. The molecule has 0 aromatic rings. The largest absolute Gasteiger partial charge is 0.328 e. The van der Waals surface area contributed by atoms with Gasteiger partial charge in [-0.25, -0.2) is 0 Å². The summed E-state index contributed by atoms with van der Waals surface area (Å²) in [5, 5.41) is 0.326. The molecule has 0 radical (unpaired) electrons. The minimum atomic E-state index is -0.970. The molecule has 0 unspecified atom stereocenters. The molecular weight excluding hydrogens is 114 g/mol. The van der Waals surface area contributed by atoms with E-state index in [1.54, 1.807) is 0 Å². The standard InChI is InChI=1S/C6H15NSi/c1-8(2,3)6(7)4-5-6/h4-5,7H2,1-3H3. The summed E-state index contributed by atoms with van der Waals surface area (Å²) in [7, 11) is -0.970. The normalized spacial score (nSPS) is 25.5. The molecule has 1 nitrogen and oxygen atoms in total. The van der Waals surface area contributed by atoms with Gasteiger partial charge in [0.2, 0.25) is 0 Å². The summed E-state index contributed by atoms with van der Waals surface area (Å²) >= 11 is 0. The average Bonchev–Trinajstić information content (AvgIpc) is 2.16. The second kappa shape index (κ2) is 1.36. The van der Waals surface area contributed by atoms with Gasteiger partial charge in [0.1, 0.15) is 0 Å². The van der Waals surface area contributed by atoms with Gasteiger partial charge in [0.25, 0.3) is 0 Å². The Labute approximate surface area is 52.3 Å². The fraction of sp³-hybridized carbons (Fsp3) is 1.00. The lowest BCUT2D eigenvalue weighted by molar-refractivity contribution is 0.908. The van der Waals surface area contributed by atoms with Gasteiger partial charge in [-0.1, -0.05) is 19.6 Å². The highest BCUT2D eigenvalue weighted by molar-refractivity contribution is 6.80. The Morgan fingerprint density at radius 3 is 1.62 bits per heavy atom. The molecule has 1 saturated carbocycles. The maximum absolute atomic E-state index is 5.99. The van der Waals surface area contributed by atoms with Crippen molar-refractivity contribution in [3.63, 3.8) is 0 Å². The zero-order chi connectivity index (χ0) is 6.41. The first-order valence-electron chi connectivity index (χ1n) is 3.25. The van der Waals surface area contributed by atoms with Crippen LogP contribution < -0.4 is 5.73 Å². The smallest absolute Gasteiger partial charge is 0.0671 e. The van der Waals surface area contributed by atoms with E-state index in [9.17, 15) is 0 Å². The highest BCUT2D eigenvalue weighted by Crippen LogP contribution is 2.40. The van der Waals surface area contributed by atoms with Crippen molar-refractivity contribution in [2.45, 2.75) is 37.6 Å². The van der Waals surface area contributed by atoms with Crippen molar-refractivity contribution in [3.05, 3.63) is 0 Å². The van der Waals surface area contributed by atoms with Crippen LogP contribution in [-0.4, -0.2) is 13.2 Å². The summed E-state index contributed by atoms with van der Waals surface area (Å²) in [6, 6.07) is 0. The predicted octanol–water partition coefficient (Wildman–Crippen LogP) is 1.36. The summed E-state index contributed by atoms with van der Waals surface area (Å²) in [5.41, 5.74) is 5.99. The lowest BCUT2D eigenvalue weighted by atomic mass is 10.8. The van der Waals surface area contributed by atoms with Crippen LogP contribution in [0.5, 0.6) is 0 Å². The zero-order valence-electron chi connectivity index (χ0n) is 5.99. The molecule has 2 N–H and O–H groups in total. The first-order valence-corrected chi connectivity index (χ1v) is 6.75. The van der Waals surface area contributed by atoms with Crippen molar-refractivity contribution >= 4 is 8.07 Å². The van der Waals surface area contributed by atoms with Crippen LogP contribution in [-0.2, 0) is 0 Å². The van der Waals surface area contributed by atoms with E-state index in [4.69, 9.17) is 5.73 Å². The minimum absolute atomic E-state index is 0.326. The van der Waals surface area contributed by atoms with E-state index in [1.165, 1.54) is 12.8 Å². The maximum atomic E-state index is 5.99.